The molecule has 0 aliphatic carbocycles. The van der Waals surface area contributed by atoms with Crippen LogP contribution in [0.5, 0.6) is 5.75 Å². The van der Waals surface area contributed by atoms with E-state index in [-0.39, 0.29) is 0 Å². The molecule has 11 heavy (non-hydrogen) atoms. The van der Waals surface area contributed by atoms with Crippen molar-refractivity contribution in [2.24, 2.45) is 0 Å². The normalized spacial score (nSPS) is 10.0. The quantitative estimate of drug-likeness (QED) is 0.790. The summed E-state index contributed by atoms with van der Waals surface area (Å²) in [5.74, 6) is 0.328. The first kappa shape index (κ1) is 8.56. The summed E-state index contributed by atoms with van der Waals surface area (Å²) in [5, 5.41) is 12.3. The van der Waals surface area contributed by atoms with Crippen LogP contribution in [0, 0.1) is 0 Å². The molecule has 0 amide bonds. The molecule has 2 nitrogen and oxygen atoms in total. The molecule has 0 aromatic heterocycles. The molecular weight excluding hydrogens is 206 g/mol. The van der Waals surface area contributed by atoms with Gasteiger partial charge in [-0.1, -0.05) is 22.0 Å². The van der Waals surface area contributed by atoms with Crippen LogP contribution in [0.15, 0.2) is 22.7 Å². The zero-order valence-corrected chi connectivity index (χ0v) is 7.85. The van der Waals surface area contributed by atoms with E-state index in [0.717, 1.165) is 10.0 Å². The van der Waals surface area contributed by atoms with Crippen molar-refractivity contribution in [3.05, 3.63) is 28.2 Å². The SMILES string of the molecule is CNCc1c(O)cccc1Br. The molecule has 0 radical (unpaired) electrons. The monoisotopic (exact) mass is 215 g/mol. The Morgan fingerprint density at radius 1 is 1.55 bits per heavy atom. The number of benzene rings is 1. The van der Waals surface area contributed by atoms with E-state index in [1.54, 1.807) is 12.1 Å². The average Bonchev–Trinajstić information content (AvgIpc) is 1.97. The molecule has 0 unspecified atom stereocenters. The summed E-state index contributed by atoms with van der Waals surface area (Å²) in [4.78, 5) is 0. The third-order valence-corrected chi connectivity index (χ3v) is 2.19. The highest BCUT2D eigenvalue weighted by atomic mass is 79.9. The highest BCUT2D eigenvalue weighted by molar-refractivity contribution is 9.10. The lowest BCUT2D eigenvalue weighted by atomic mass is 10.2. The van der Waals surface area contributed by atoms with E-state index < -0.39 is 0 Å². The first-order valence-corrected chi connectivity index (χ1v) is 4.16. The minimum absolute atomic E-state index is 0.328. The van der Waals surface area contributed by atoms with Crippen molar-refractivity contribution >= 4 is 15.9 Å². The number of rotatable bonds is 2. The maximum atomic E-state index is 9.35. The summed E-state index contributed by atoms with van der Waals surface area (Å²) in [6.07, 6.45) is 0. The van der Waals surface area contributed by atoms with Gasteiger partial charge in [-0.2, -0.15) is 0 Å². The maximum Gasteiger partial charge on any atom is 0.121 e. The van der Waals surface area contributed by atoms with E-state index in [1.807, 2.05) is 13.1 Å². The zero-order chi connectivity index (χ0) is 8.27. The second-order valence-electron chi connectivity index (χ2n) is 2.27. The van der Waals surface area contributed by atoms with E-state index in [2.05, 4.69) is 21.2 Å². The number of hydrogen-bond donors (Lipinski definition) is 2. The number of aromatic hydroxyl groups is 1. The van der Waals surface area contributed by atoms with Gasteiger partial charge in [0.2, 0.25) is 0 Å². The van der Waals surface area contributed by atoms with Crippen LogP contribution in [-0.2, 0) is 6.54 Å². The molecule has 1 aromatic rings. The third-order valence-electron chi connectivity index (χ3n) is 1.45. The second-order valence-corrected chi connectivity index (χ2v) is 3.12. The summed E-state index contributed by atoms with van der Waals surface area (Å²) >= 11 is 3.35. The standard InChI is InChI=1S/C8H10BrNO/c1-10-5-6-7(9)3-2-4-8(6)11/h2-4,10-11H,5H2,1H3. The Labute approximate surface area is 74.4 Å². The van der Waals surface area contributed by atoms with Crippen molar-refractivity contribution in [3.63, 3.8) is 0 Å². The number of halogens is 1. The molecule has 0 atom stereocenters. The average molecular weight is 216 g/mol. The number of phenols is 1. The van der Waals surface area contributed by atoms with Crippen LogP contribution in [0.3, 0.4) is 0 Å². The molecule has 0 saturated heterocycles. The van der Waals surface area contributed by atoms with Crippen LogP contribution in [-0.4, -0.2) is 12.2 Å². The maximum absolute atomic E-state index is 9.35. The summed E-state index contributed by atoms with van der Waals surface area (Å²) in [6, 6.07) is 5.39. The van der Waals surface area contributed by atoms with Crippen LogP contribution < -0.4 is 5.32 Å². The Bertz CT molecular complexity index is 230. The van der Waals surface area contributed by atoms with Gasteiger partial charge >= 0.3 is 0 Å². The van der Waals surface area contributed by atoms with Crippen molar-refractivity contribution in [1.82, 2.24) is 5.32 Å². The molecule has 0 spiro atoms. The van der Waals surface area contributed by atoms with Gasteiger partial charge in [-0.3, -0.25) is 0 Å². The molecule has 0 bridgehead atoms. The molecule has 0 fully saturated rings. The summed E-state index contributed by atoms with van der Waals surface area (Å²) in [5.41, 5.74) is 0.898. The van der Waals surface area contributed by atoms with Crippen molar-refractivity contribution in [2.45, 2.75) is 6.54 Å². The van der Waals surface area contributed by atoms with Crippen LogP contribution in [0.25, 0.3) is 0 Å². The van der Waals surface area contributed by atoms with Crippen molar-refractivity contribution < 1.29 is 5.11 Å². The van der Waals surface area contributed by atoms with Gasteiger partial charge in [0.05, 0.1) is 0 Å². The Morgan fingerprint density at radius 2 is 2.27 bits per heavy atom. The molecule has 1 rings (SSSR count). The minimum atomic E-state index is 0.328. The topological polar surface area (TPSA) is 32.3 Å². The second kappa shape index (κ2) is 3.74. The first-order valence-electron chi connectivity index (χ1n) is 3.36. The third kappa shape index (κ3) is 1.94. The van der Waals surface area contributed by atoms with Crippen molar-refractivity contribution in [3.8, 4) is 5.75 Å². The predicted molar refractivity (Wildman–Crippen MR) is 48.6 cm³/mol. The fourth-order valence-electron chi connectivity index (χ4n) is 0.899. The number of phenolic OH excluding ortho intramolecular Hbond substituents is 1. The van der Waals surface area contributed by atoms with Gasteiger partial charge in [0.25, 0.3) is 0 Å². The highest BCUT2D eigenvalue weighted by Gasteiger charge is 2.02. The van der Waals surface area contributed by atoms with E-state index >= 15 is 0 Å². The fraction of sp³-hybridized carbons (Fsp3) is 0.250. The van der Waals surface area contributed by atoms with Gasteiger partial charge in [0.15, 0.2) is 0 Å². The Morgan fingerprint density at radius 3 is 2.82 bits per heavy atom. The fourth-order valence-corrected chi connectivity index (χ4v) is 1.39. The van der Waals surface area contributed by atoms with Gasteiger partial charge in [0, 0.05) is 16.6 Å². The largest absolute Gasteiger partial charge is 0.508 e. The van der Waals surface area contributed by atoms with E-state index in [4.69, 9.17) is 0 Å². The summed E-state index contributed by atoms with van der Waals surface area (Å²) in [7, 11) is 1.85. The van der Waals surface area contributed by atoms with Gasteiger partial charge in [0.1, 0.15) is 5.75 Å². The lowest BCUT2D eigenvalue weighted by molar-refractivity contribution is 0.465. The number of nitrogens with one attached hydrogen (secondary N) is 1. The Hall–Kier alpha value is -0.540. The predicted octanol–water partition coefficient (Wildman–Crippen LogP) is 1.87. The van der Waals surface area contributed by atoms with E-state index in [9.17, 15) is 5.11 Å². The van der Waals surface area contributed by atoms with Gasteiger partial charge < -0.3 is 10.4 Å². The molecule has 3 heteroatoms. The van der Waals surface area contributed by atoms with E-state index in [1.165, 1.54) is 0 Å². The van der Waals surface area contributed by atoms with Crippen LogP contribution in [0.1, 0.15) is 5.56 Å². The first-order chi connectivity index (χ1) is 5.25. The highest BCUT2D eigenvalue weighted by Crippen LogP contribution is 2.24. The van der Waals surface area contributed by atoms with Crippen molar-refractivity contribution in [2.75, 3.05) is 7.05 Å². The molecule has 0 aliphatic rings. The molecular formula is C8H10BrNO. The van der Waals surface area contributed by atoms with Crippen molar-refractivity contribution in [1.29, 1.82) is 0 Å². The molecule has 2 N–H and O–H groups in total. The summed E-state index contributed by atoms with van der Waals surface area (Å²) in [6.45, 7) is 0.674. The zero-order valence-electron chi connectivity index (χ0n) is 6.26. The molecule has 0 saturated carbocycles. The Kier molecular flexibility index (Phi) is 2.91. The summed E-state index contributed by atoms with van der Waals surface area (Å²) < 4.78 is 0.937. The molecule has 0 heterocycles. The van der Waals surface area contributed by atoms with Gasteiger partial charge in [-0.05, 0) is 19.2 Å². The Balaban J connectivity index is 3.00. The minimum Gasteiger partial charge on any atom is -0.508 e. The van der Waals surface area contributed by atoms with Gasteiger partial charge in [-0.25, -0.2) is 0 Å². The van der Waals surface area contributed by atoms with Gasteiger partial charge in [-0.15, -0.1) is 0 Å². The van der Waals surface area contributed by atoms with Crippen LogP contribution in [0.4, 0.5) is 0 Å². The van der Waals surface area contributed by atoms with E-state index in [0.29, 0.717) is 12.3 Å². The smallest absolute Gasteiger partial charge is 0.121 e. The lowest BCUT2D eigenvalue weighted by Gasteiger charge is -2.04. The van der Waals surface area contributed by atoms with Crippen LogP contribution in [0.2, 0.25) is 0 Å². The molecule has 1 aromatic carbocycles. The van der Waals surface area contributed by atoms with Crippen LogP contribution >= 0.6 is 15.9 Å². The molecule has 0 aliphatic heterocycles. The lowest BCUT2D eigenvalue weighted by Crippen LogP contribution is -2.05. The molecule has 60 valence electrons. The number of hydrogen-bond acceptors (Lipinski definition) is 2.